The maximum absolute atomic E-state index is 12.8. The number of carbonyl (C=O) groups excluding carboxylic acids is 3. The van der Waals surface area contributed by atoms with E-state index in [2.05, 4.69) is 28.7 Å². The van der Waals surface area contributed by atoms with Crippen molar-refractivity contribution in [1.29, 1.82) is 5.26 Å². The highest BCUT2D eigenvalue weighted by atomic mass is 16.2. The molecule has 1 fully saturated rings. The number of benzene rings is 1. The summed E-state index contributed by atoms with van der Waals surface area (Å²) >= 11 is 0. The molecule has 178 valence electrons. The summed E-state index contributed by atoms with van der Waals surface area (Å²) in [4.78, 5) is 35.1. The lowest BCUT2D eigenvalue weighted by atomic mass is 9.84. The van der Waals surface area contributed by atoms with Gasteiger partial charge in [-0.05, 0) is 37.2 Å². The normalized spacial score (nSPS) is 16.4. The van der Waals surface area contributed by atoms with Gasteiger partial charge in [-0.25, -0.2) is 0 Å². The molecule has 0 radical (unpaired) electrons. The molecule has 0 saturated carbocycles. The van der Waals surface area contributed by atoms with Crippen LogP contribution in [0.25, 0.3) is 10.9 Å². The van der Waals surface area contributed by atoms with E-state index in [0.29, 0.717) is 24.6 Å². The van der Waals surface area contributed by atoms with Crippen LogP contribution in [0.4, 0.5) is 0 Å². The van der Waals surface area contributed by atoms with Crippen molar-refractivity contribution < 1.29 is 14.4 Å². The molecule has 2 heterocycles. The number of aryl methyl sites for hydroxylation is 1. The number of unbranched alkanes of at least 4 members (excludes halogenated alkanes) is 2. The van der Waals surface area contributed by atoms with Gasteiger partial charge in [-0.15, -0.1) is 0 Å². The number of para-hydroxylation sites is 1. The number of carbonyl (C=O) groups is 3. The van der Waals surface area contributed by atoms with E-state index in [-0.39, 0.29) is 23.0 Å². The van der Waals surface area contributed by atoms with Crippen LogP contribution in [0, 0.1) is 22.7 Å². The van der Waals surface area contributed by atoms with Crippen LogP contribution in [-0.2, 0) is 16.1 Å². The number of aromatic nitrogens is 2. The van der Waals surface area contributed by atoms with Crippen molar-refractivity contribution in [2.75, 3.05) is 6.54 Å². The van der Waals surface area contributed by atoms with Crippen LogP contribution in [0.2, 0.25) is 0 Å². The third-order valence-electron chi connectivity index (χ3n) is 5.51. The van der Waals surface area contributed by atoms with Crippen LogP contribution in [0.15, 0.2) is 24.3 Å². The molecule has 1 aromatic heterocycles. The minimum Gasteiger partial charge on any atom is -0.356 e. The summed E-state index contributed by atoms with van der Waals surface area (Å²) < 4.78 is 1.81. The fourth-order valence-electron chi connectivity index (χ4n) is 3.81. The van der Waals surface area contributed by atoms with Gasteiger partial charge in [-0.2, -0.15) is 10.4 Å². The van der Waals surface area contributed by atoms with Gasteiger partial charge in [0, 0.05) is 31.3 Å². The first-order valence-corrected chi connectivity index (χ1v) is 11.4. The molecule has 0 spiro atoms. The largest absolute Gasteiger partial charge is 0.356 e. The molecule has 33 heavy (non-hydrogen) atoms. The molecule has 8 heteroatoms. The summed E-state index contributed by atoms with van der Waals surface area (Å²) in [5, 5.41) is 19.5. The lowest BCUT2D eigenvalue weighted by molar-refractivity contribution is -0.121. The fourth-order valence-corrected chi connectivity index (χ4v) is 3.81. The number of nitrogens with zero attached hydrogens (tertiary/aromatic N) is 3. The third kappa shape index (κ3) is 7.41. The monoisotopic (exact) mass is 453 g/mol. The minimum absolute atomic E-state index is 0.0777. The fraction of sp³-hybridized carbons (Fsp3) is 0.560. The van der Waals surface area contributed by atoms with Crippen molar-refractivity contribution in [3.05, 3.63) is 30.0 Å². The Hall–Kier alpha value is -3.21. The molecule has 1 aliphatic rings. The summed E-state index contributed by atoms with van der Waals surface area (Å²) in [7, 11) is 0. The molecule has 0 bridgehead atoms. The Balaban J connectivity index is 0.000000468. The highest BCUT2D eigenvalue weighted by Crippen LogP contribution is 2.23. The predicted octanol–water partition coefficient (Wildman–Crippen LogP) is 3.61. The number of ketones is 1. The zero-order valence-electron chi connectivity index (χ0n) is 20.3. The Morgan fingerprint density at radius 2 is 2.00 bits per heavy atom. The molecule has 2 unspecified atom stereocenters. The van der Waals surface area contributed by atoms with Gasteiger partial charge in [0.15, 0.2) is 11.5 Å². The van der Waals surface area contributed by atoms with Crippen LogP contribution in [0.3, 0.4) is 0 Å². The van der Waals surface area contributed by atoms with Gasteiger partial charge in [-0.1, -0.05) is 45.9 Å². The second-order valence-corrected chi connectivity index (χ2v) is 9.70. The predicted molar refractivity (Wildman–Crippen MR) is 127 cm³/mol. The standard InChI is InChI=1S/C20H26N4O2.C5H9NO/c1-14(25)18(20(2,3)4)22-19(26)17-15-10-6-7-11-16(15)24(23-17)13-9-5-8-12-21;1-4-2-5(7)6-3-4/h6-7,10-11,18H,5,8-9,13H2,1-4H3,(H,22,26);4H,2-3H2,1H3,(H,6,7). The number of nitrogens with one attached hydrogen (secondary N) is 2. The molecule has 3 rings (SSSR count). The van der Waals surface area contributed by atoms with Gasteiger partial charge in [0.1, 0.15) is 0 Å². The Morgan fingerprint density at radius 1 is 1.30 bits per heavy atom. The van der Waals surface area contributed by atoms with E-state index in [4.69, 9.17) is 5.26 Å². The molecule has 2 atom stereocenters. The number of fused-ring (bicyclic) bond motifs is 1. The molecular weight excluding hydrogens is 418 g/mol. The Kier molecular flexibility index (Phi) is 9.15. The van der Waals surface area contributed by atoms with Crippen LogP contribution < -0.4 is 10.6 Å². The number of nitriles is 1. The maximum atomic E-state index is 12.8. The molecule has 2 aromatic rings. The SMILES string of the molecule is CC(=O)C(NC(=O)c1nn(CCCCC#N)c2ccccc12)C(C)(C)C.CC1CNC(=O)C1. The molecule has 0 aliphatic carbocycles. The van der Waals surface area contributed by atoms with Gasteiger partial charge in [0.25, 0.3) is 5.91 Å². The highest BCUT2D eigenvalue weighted by Gasteiger charge is 2.31. The van der Waals surface area contributed by atoms with E-state index in [1.807, 2.05) is 49.7 Å². The van der Waals surface area contributed by atoms with E-state index in [1.165, 1.54) is 6.92 Å². The number of Topliss-reactive ketones (excluding diaryl/α,β-unsaturated/α-hetero) is 1. The minimum atomic E-state index is -0.574. The van der Waals surface area contributed by atoms with E-state index in [9.17, 15) is 14.4 Å². The number of hydrogen-bond donors (Lipinski definition) is 2. The molecule has 2 amide bonds. The lowest BCUT2D eigenvalue weighted by Crippen LogP contribution is -2.48. The average Bonchev–Trinajstić information content (AvgIpc) is 3.31. The first-order chi connectivity index (χ1) is 15.5. The van der Waals surface area contributed by atoms with Crippen LogP contribution >= 0.6 is 0 Å². The van der Waals surface area contributed by atoms with Crippen LogP contribution in [-0.4, -0.2) is 40.0 Å². The van der Waals surface area contributed by atoms with Crippen LogP contribution in [0.1, 0.15) is 70.8 Å². The smallest absolute Gasteiger partial charge is 0.273 e. The molecule has 1 saturated heterocycles. The summed E-state index contributed by atoms with van der Waals surface area (Å²) in [6.07, 6.45) is 2.85. The first kappa shape index (κ1) is 26.0. The van der Waals surface area contributed by atoms with Crippen molar-refractivity contribution in [2.45, 2.75) is 72.9 Å². The van der Waals surface area contributed by atoms with Gasteiger partial charge >= 0.3 is 0 Å². The van der Waals surface area contributed by atoms with E-state index in [1.54, 1.807) is 0 Å². The van der Waals surface area contributed by atoms with Crippen molar-refractivity contribution >= 4 is 28.5 Å². The number of rotatable bonds is 7. The zero-order chi connectivity index (χ0) is 24.6. The summed E-state index contributed by atoms with van der Waals surface area (Å²) in [6.45, 7) is 10.8. The van der Waals surface area contributed by atoms with E-state index < -0.39 is 6.04 Å². The Labute approximate surface area is 195 Å². The maximum Gasteiger partial charge on any atom is 0.273 e. The van der Waals surface area contributed by atoms with Crippen LogP contribution in [0.5, 0.6) is 0 Å². The van der Waals surface area contributed by atoms with E-state index in [0.717, 1.165) is 36.7 Å². The number of hydrogen-bond acceptors (Lipinski definition) is 5. The van der Waals surface area contributed by atoms with Gasteiger partial charge in [0.05, 0.1) is 17.6 Å². The van der Waals surface area contributed by atoms with Crippen molar-refractivity contribution in [3.63, 3.8) is 0 Å². The average molecular weight is 454 g/mol. The quantitative estimate of drug-likeness (QED) is 0.621. The van der Waals surface area contributed by atoms with Crippen molar-refractivity contribution in [1.82, 2.24) is 20.4 Å². The summed E-state index contributed by atoms with van der Waals surface area (Å²) in [5.41, 5.74) is 0.832. The molecule has 2 N–H and O–H groups in total. The third-order valence-corrected chi connectivity index (χ3v) is 5.51. The molecule has 8 nitrogen and oxygen atoms in total. The molecule has 1 aliphatic heterocycles. The Bertz CT molecular complexity index is 1030. The molecular formula is C25H35N5O3. The lowest BCUT2D eigenvalue weighted by Gasteiger charge is -2.29. The van der Waals surface area contributed by atoms with Crippen molar-refractivity contribution in [2.24, 2.45) is 11.3 Å². The molecule has 1 aromatic carbocycles. The van der Waals surface area contributed by atoms with Gasteiger partial charge in [-0.3, -0.25) is 19.1 Å². The zero-order valence-corrected chi connectivity index (χ0v) is 20.3. The highest BCUT2D eigenvalue weighted by molar-refractivity contribution is 6.06. The van der Waals surface area contributed by atoms with E-state index >= 15 is 0 Å². The van der Waals surface area contributed by atoms with Crippen molar-refractivity contribution in [3.8, 4) is 6.07 Å². The summed E-state index contributed by atoms with van der Waals surface area (Å²) in [6, 6.07) is 9.13. The second-order valence-electron chi connectivity index (χ2n) is 9.70. The van der Waals surface area contributed by atoms with Gasteiger partial charge in [0.2, 0.25) is 5.91 Å². The summed E-state index contributed by atoms with van der Waals surface area (Å²) in [5.74, 6) is 0.346. The Morgan fingerprint density at radius 3 is 2.52 bits per heavy atom. The van der Waals surface area contributed by atoms with Gasteiger partial charge < -0.3 is 10.6 Å². The topological polar surface area (TPSA) is 117 Å². The first-order valence-electron chi connectivity index (χ1n) is 11.4. The second kappa shape index (κ2) is 11.6. The number of amides is 2.